The normalized spacial score (nSPS) is 23.6. The van der Waals surface area contributed by atoms with Crippen molar-refractivity contribution >= 4 is 18.0 Å². The van der Waals surface area contributed by atoms with Gasteiger partial charge in [0.25, 0.3) is 0 Å². The molecule has 2 N–H and O–H groups in total. The van der Waals surface area contributed by atoms with Crippen molar-refractivity contribution in [3.05, 3.63) is 24.3 Å². The number of carbonyl (C=O) groups is 2. The molecule has 3 aliphatic rings. The first-order valence-corrected chi connectivity index (χ1v) is 14.9. The Kier molecular flexibility index (Phi) is 9.01. The highest BCUT2D eigenvalue weighted by Gasteiger charge is 2.35. The summed E-state index contributed by atoms with van der Waals surface area (Å²) in [6, 6.07) is 8.27. The molecule has 0 radical (unpaired) electrons. The Morgan fingerprint density at radius 3 is 2.46 bits per heavy atom. The number of anilines is 1. The lowest BCUT2D eigenvalue weighted by molar-refractivity contribution is -0.125. The van der Waals surface area contributed by atoms with Crippen LogP contribution in [-0.2, 0) is 9.53 Å². The van der Waals surface area contributed by atoms with E-state index in [1.165, 1.54) is 0 Å². The quantitative estimate of drug-likeness (QED) is 0.466. The lowest BCUT2D eigenvalue weighted by Gasteiger charge is -2.38. The van der Waals surface area contributed by atoms with Gasteiger partial charge in [0.2, 0.25) is 11.7 Å². The van der Waals surface area contributed by atoms with Crippen LogP contribution in [-0.4, -0.2) is 85.1 Å². The van der Waals surface area contributed by atoms with E-state index in [0.717, 1.165) is 69.6 Å². The Morgan fingerprint density at radius 2 is 1.78 bits per heavy atom. The van der Waals surface area contributed by atoms with Crippen LogP contribution in [0.3, 0.4) is 0 Å². The highest BCUT2D eigenvalue weighted by atomic mass is 16.6. The van der Waals surface area contributed by atoms with Crippen molar-refractivity contribution in [3.63, 3.8) is 0 Å². The summed E-state index contributed by atoms with van der Waals surface area (Å²) in [5, 5.41) is 10.3. The van der Waals surface area contributed by atoms with E-state index in [-0.39, 0.29) is 24.0 Å². The minimum Gasteiger partial charge on any atom is -0.497 e. The maximum absolute atomic E-state index is 12.9. The molecule has 1 atom stereocenters. The summed E-state index contributed by atoms with van der Waals surface area (Å²) in [5.74, 6) is 2.59. The smallest absolute Gasteiger partial charge is 0.407 e. The van der Waals surface area contributed by atoms with Gasteiger partial charge in [0.1, 0.15) is 11.4 Å². The number of hydrogen-bond acceptors (Lipinski definition) is 9. The number of carbonyl (C=O) groups excluding carboxylic acids is 2. The SMILES string of the molecule is COc1ccc(-c2noc(N3CCC(C(=O)NC[C@@H]4CCN(CC5CC(NC(=O)OC(C)(C)C)C5)C4)CC3)n2)cc1. The van der Waals surface area contributed by atoms with Gasteiger partial charge < -0.3 is 34.4 Å². The molecule has 2 saturated heterocycles. The lowest BCUT2D eigenvalue weighted by atomic mass is 9.80. The summed E-state index contributed by atoms with van der Waals surface area (Å²) >= 11 is 0. The molecule has 1 aromatic heterocycles. The molecule has 2 aliphatic heterocycles. The Morgan fingerprint density at radius 1 is 1.05 bits per heavy atom. The number of rotatable bonds is 9. The van der Waals surface area contributed by atoms with Crippen molar-refractivity contribution in [2.24, 2.45) is 17.8 Å². The number of ether oxygens (including phenoxy) is 2. The third-order valence-electron chi connectivity index (χ3n) is 8.31. The average molecular weight is 569 g/mol. The summed E-state index contributed by atoms with van der Waals surface area (Å²) < 4.78 is 16.1. The van der Waals surface area contributed by atoms with E-state index in [2.05, 4.69) is 30.6 Å². The van der Waals surface area contributed by atoms with Gasteiger partial charge in [0.05, 0.1) is 7.11 Å². The molecule has 5 rings (SSSR count). The molecule has 1 aliphatic carbocycles. The molecule has 1 saturated carbocycles. The number of amides is 2. The fraction of sp³-hybridized carbons (Fsp3) is 0.667. The molecule has 3 fully saturated rings. The fourth-order valence-electron chi connectivity index (χ4n) is 6.01. The van der Waals surface area contributed by atoms with Gasteiger partial charge in [-0.05, 0) is 95.5 Å². The summed E-state index contributed by atoms with van der Waals surface area (Å²) in [6.45, 7) is 10.9. The molecule has 41 heavy (non-hydrogen) atoms. The number of piperidine rings is 1. The van der Waals surface area contributed by atoms with E-state index < -0.39 is 5.60 Å². The zero-order chi connectivity index (χ0) is 29.0. The maximum Gasteiger partial charge on any atom is 0.407 e. The number of nitrogens with zero attached hydrogens (tertiary/aromatic N) is 4. The van der Waals surface area contributed by atoms with Gasteiger partial charge in [-0.25, -0.2) is 4.79 Å². The average Bonchev–Trinajstić information content (AvgIpc) is 3.60. The second-order valence-electron chi connectivity index (χ2n) is 12.7. The van der Waals surface area contributed by atoms with Crippen LogP contribution in [0.25, 0.3) is 11.4 Å². The van der Waals surface area contributed by atoms with E-state index in [9.17, 15) is 9.59 Å². The Bertz CT molecular complexity index is 1160. The first-order valence-electron chi connectivity index (χ1n) is 14.9. The second kappa shape index (κ2) is 12.7. The number of benzene rings is 1. The van der Waals surface area contributed by atoms with E-state index >= 15 is 0 Å². The van der Waals surface area contributed by atoms with Crippen LogP contribution >= 0.6 is 0 Å². The van der Waals surface area contributed by atoms with Crippen molar-refractivity contribution < 1.29 is 23.6 Å². The third kappa shape index (κ3) is 7.90. The largest absolute Gasteiger partial charge is 0.497 e. The number of nitrogens with one attached hydrogen (secondary N) is 2. The van der Waals surface area contributed by atoms with Crippen LogP contribution in [0.15, 0.2) is 28.8 Å². The Hall–Kier alpha value is -3.34. The Balaban J connectivity index is 0.967. The molecule has 3 heterocycles. The molecular formula is C30H44N6O5. The van der Waals surface area contributed by atoms with E-state index in [1.807, 2.05) is 45.0 Å². The van der Waals surface area contributed by atoms with Gasteiger partial charge in [0, 0.05) is 50.2 Å². The van der Waals surface area contributed by atoms with Gasteiger partial charge in [-0.15, -0.1) is 0 Å². The molecule has 11 nitrogen and oxygen atoms in total. The van der Waals surface area contributed by atoms with Crippen molar-refractivity contribution in [1.82, 2.24) is 25.7 Å². The van der Waals surface area contributed by atoms with Crippen molar-refractivity contribution in [2.75, 3.05) is 51.3 Å². The van der Waals surface area contributed by atoms with Crippen molar-refractivity contribution in [2.45, 2.75) is 64.5 Å². The number of methoxy groups -OCH3 is 1. The minimum atomic E-state index is -0.469. The highest BCUT2D eigenvalue weighted by molar-refractivity contribution is 5.79. The minimum absolute atomic E-state index is 0.0112. The van der Waals surface area contributed by atoms with Crippen molar-refractivity contribution in [1.29, 1.82) is 0 Å². The number of aromatic nitrogens is 2. The standard InChI is InChI=1S/C30H44N6O5/c1-30(2,3)40-29(38)32-24-15-21(16-24)19-35-12-9-20(18-35)17-31-27(37)23-10-13-36(14-11-23)28-33-26(34-41-28)22-5-7-25(39-4)8-6-22/h5-8,20-21,23-24H,9-19H2,1-4H3,(H,31,37)(H,32,38)/t20-,21?,24?/m0/s1. The highest BCUT2D eigenvalue weighted by Crippen LogP contribution is 2.31. The van der Waals surface area contributed by atoms with Crippen LogP contribution in [0, 0.1) is 17.8 Å². The predicted octanol–water partition coefficient (Wildman–Crippen LogP) is 3.70. The fourth-order valence-corrected chi connectivity index (χ4v) is 6.01. The Labute approximate surface area is 242 Å². The van der Waals surface area contributed by atoms with Crippen LogP contribution < -0.4 is 20.3 Å². The number of hydrogen-bond donors (Lipinski definition) is 2. The molecule has 224 valence electrons. The van der Waals surface area contributed by atoms with Crippen LogP contribution in [0.2, 0.25) is 0 Å². The third-order valence-corrected chi connectivity index (χ3v) is 8.31. The maximum atomic E-state index is 12.9. The predicted molar refractivity (Wildman–Crippen MR) is 155 cm³/mol. The summed E-state index contributed by atoms with van der Waals surface area (Å²) in [6.07, 6.45) is 4.33. The zero-order valence-corrected chi connectivity index (χ0v) is 24.7. The second-order valence-corrected chi connectivity index (χ2v) is 12.7. The summed E-state index contributed by atoms with van der Waals surface area (Å²) in [7, 11) is 1.63. The van der Waals surface area contributed by atoms with Crippen LogP contribution in [0.4, 0.5) is 10.8 Å². The van der Waals surface area contributed by atoms with Gasteiger partial charge in [-0.3, -0.25) is 4.79 Å². The summed E-state index contributed by atoms with van der Waals surface area (Å²) in [5.41, 5.74) is 0.399. The molecule has 0 spiro atoms. The molecule has 0 unspecified atom stereocenters. The molecular weight excluding hydrogens is 524 g/mol. The first kappa shape index (κ1) is 29.2. The van der Waals surface area contributed by atoms with E-state index in [0.29, 0.717) is 36.8 Å². The van der Waals surface area contributed by atoms with Gasteiger partial charge in [-0.1, -0.05) is 5.16 Å². The molecule has 1 aromatic carbocycles. The number of likely N-dealkylation sites (tertiary alicyclic amines) is 1. The van der Waals surface area contributed by atoms with Gasteiger partial charge >= 0.3 is 12.1 Å². The monoisotopic (exact) mass is 568 g/mol. The topological polar surface area (TPSA) is 122 Å². The molecule has 2 amide bonds. The van der Waals surface area contributed by atoms with E-state index in [4.69, 9.17) is 14.0 Å². The summed E-state index contributed by atoms with van der Waals surface area (Å²) in [4.78, 5) is 34.0. The lowest BCUT2D eigenvalue weighted by Crippen LogP contribution is -2.48. The number of alkyl carbamates (subject to hydrolysis) is 1. The van der Waals surface area contributed by atoms with Crippen LogP contribution in [0.5, 0.6) is 5.75 Å². The zero-order valence-electron chi connectivity index (χ0n) is 24.7. The van der Waals surface area contributed by atoms with Crippen molar-refractivity contribution in [3.8, 4) is 17.1 Å². The first-order chi connectivity index (χ1) is 19.6. The van der Waals surface area contributed by atoms with Gasteiger partial charge in [-0.2, -0.15) is 4.98 Å². The molecule has 2 aromatic rings. The molecule has 11 heteroatoms. The van der Waals surface area contributed by atoms with E-state index in [1.54, 1.807) is 7.11 Å². The molecule has 0 bridgehead atoms. The van der Waals surface area contributed by atoms with Crippen LogP contribution in [0.1, 0.15) is 52.9 Å². The van der Waals surface area contributed by atoms with Gasteiger partial charge in [0.15, 0.2) is 0 Å².